The molecule has 1 saturated heterocycles. The number of ether oxygens (including phenoxy) is 1. The first-order valence-corrected chi connectivity index (χ1v) is 6.48. The molecule has 5 heteroatoms. The SMILES string of the molecule is C[C@@H]1CO[C@H](CO[PH](C)(O)O)C1. The van der Waals surface area contributed by atoms with E-state index in [9.17, 15) is 0 Å². The third kappa shape index (κ3) is 3.78. The average molecular weight is 196 g/mol. The summed E-state index contributed by atoms with van der Waals surface area (Å²) in [5.74, 6) is 0.559. The second-order valence-corrected chi connectivity index (χ2v) is 5.70. The van der Waals surface area contributed by atoms with Gasteiger partial charge in [0.25, 0.3) is 0 Å². The monoisotopic (exact) mass is 196 g/mol. The minimum atomic E-state index is -3.33. The molecule has 4 nitrogen and oxygen atoms in total. The molecule has 0 aromatic rings. The standard InChI is InChI=1S/C7H17O4P/c1-6-3-7(10-4-6)5-11-12(2,8)9/h6-9,12H,3-5H2,1-2H3/t6-,7-/m0/s1. The first-order chi connectivity index (χ1) is 5.47. The van der Waals surface area contributed by atoms with Crippen molar-refractivity contribution < 1.29 is 19.0 Å². The predicted molar refractivity (Wildman–Crippen MR) is 48.1 cm³/mol. The van der Waals surface area contributed by atoms with Crippen LogP contribution in [0, 0.1) is 5.92 Å². The van der Waals surface area contributed by atoms with Crippen LogP contribution in [-0.4, -0.2) is 35.8 Å². The summed E-state index contributed by atoms with van der Waals surface area (Å²) in [7, 11) is -3.33. The van der Waals surface area contributed by atoms with Gasteiger partial charge < -0.3 is 0 Å². The van der Waals surface area contributed by atoms with Crippen molar-refractivity contribution in [3.8, 4) is 0 Å². The van der Waals surface area contributed by atoms with Crippen LogP contribution in [0.5, 0.6) is 0 Å². The molecule has 2 N–H and O–H groups in total. The van der Waals surface area contributed by atoms with Crippen molar-refractivity contribution in [2.24, 2.45) is 5.92 Å². The van der Waals surface area contributed by atoms with Crippen molar-refractivity contribution >= 4 is 7.94 Å². The van der Waals surface area contributed by atoms with Gasteiger partial charge in [-0.15, -0.1) is 0 Å². The fraction of sp³-hybridized carbons (Fsp3) is 1.00. The fourth-order valence-electron chi connectivity index (χ4n) is 1.25. The van der Waals surface area contributed by atoms with Gasteiger partial charge >= 0.3 is 72.2 Å². The Kier molecular flexibility index (Phi) is 3.44. The summed E-state index contributed by atoms with van der Waals surface area (Å²) < 4.78 is 10.2. The van der Waals surface area contributed by atoms with E-state index in [4.69, 9.17) is 19.0 Å². The fourth-order valence-corrected chi connectivity index (χ4v) is 1.75. The molecule has 1 aliphatic heterocycles. The van der Waals surface area contributed by atoms with Crippen molar-refractivity contribution in [2.45, 2.75) is 19.4 Å². The van der Waals surface area contributed by atoms with Crippen molar-refractivity contribution in [3.05, 3.63) is 0 Å². The van der Waals surface area contributed by atoms with Crippen LogP contribution < -0.4 is 0 Å². The minimum absolute atomic E-state index is 0.0473. The van der Waals surface area contributed by atoms with E-state index < -0.39 is 7.94 Å². The van der Waals surface area contributed by atoms with Gasteiger partial charge in [0.2, 0.25) is 0 Å². The van der Waals surface area contributed by atoms with Gasteiger partial charge in [0.15, 0.2) is 0 Å². The van der Waals surface area contributed by atoms with E-state index in [2.05, 4.69) is 6.92 Å². The third-order valence-corrected chi connectivity index (χ3v) is 2.54. The summed E-state index contributed by atoms with van der Waals surface area (Å²) in [5.41, 5.74) is 0. The van der Waals surface area contributed by atoms with Crippen molar-refractivity contribution in [1.82, 2.24) is 0 Å². The van der Waals surface area contributed by atoms with Crippen LogP contribution in [0.4, 0.5) is 0 Å². The molecule has 0 spiro atoms. The molecule has 2 atom stereocenters. The van der Waals surface area contributed by atoms with E-state index in [-0.39, 0.29) is 6.10 Å². The quantitative estimate of drug-likeness (QED) is 0.647. The molecule has 0 aromatic heterocycles. The normalized spacial score (nSPS) is 32.3. The van der Waals surface area contributed by atoms with Crippen molar-refractivity contribution in [3.63, 3.8) is 0 Å². The van der Waals surface area contributed by atoms with Crippen LogP contribution in [0.1, 0.15) is 13.3 Å². The van der Waals surface area contributed by atoms with Crippen LogP contribution in [-0.2, 0) is 9.26 Å². The number of hydrogen-bond acceptors (Lipinski definition) is 4. The van der Waals surface area contributed by atoms with Crippen LogP contribution in [0.2, 0.25) is 0 Å². The zero-order valence-electron chi connectivity index (χ0n) is 7.49. The van der Waals surface area contributed by atoms with Gasteiger partial charge in [-0.2, -0.15) is 0 Å². The molecule has 0 aromatic carbocycles. The Labute approximate surface area is 73.1 Å². The van der Waals surface area contributed by atoms with Gasteiger partial charge in [0, 0.05) is 0 Å². The molecule has 0 amide bonds. The van der Waals surface area contributed by atoms with Crippen LogP contribution in [0.3, 0.4) is 0 Å². The summed E-state index contributed by atoms with van der Waals surface area (Å²) in [4.78, 5) is 17.9. The number of hydrogen-bond donors (Lipinski definition) is 2. The molecule has 1 fully saturated rings. The molecule has 0 saturated carbocycles. The number of rotatable bonds is 3. The Morgan fingerprint density at radius 3 is 2.67 bits per heavy atom. The Morgan fingerprint density at radius 1 is 1.58 bits per heavy atom. The third-order valence-electron chi connectivity index (χ3n) is 1.82. The summed E-state index contributed by atoms with van der Waals surface area (Å²) in [6.07, 6.45) is 0.996. The molecule has 1 heterocycles. The van der Waals surface area contributed by atoms with Gasteiger partial charge in [-0.05, 0) is 0 Å². The first kappa shape index (κ1) is 10.4. The van der Waals surface area contributed by atoms with E-state index in [0.717, 1.165) is 13.0 Å². The maximum atomic E-state index is 8.96. The second-order valence-electron chi connectivity index (χ2n) is 3.54. The molecule has 0 unspecified atom stereocenters. The molecular weight excluding hydrogens is 179 g/mol. The molecule has 0 radical (unpaired) electrons. The predicted octanol–water partition coefficient (Wildman–Crippen LogP) is 0.537. The van der Waals surface area contributed by atoms with Gasteiger partial charge in [-0.3, -0.25) is 0 Å². The molecular formula is C7H17O4P. The topological polar surface area (TPSA) is 58.9 Å². The first-order valence-electron chi connectivity index (χ1n) is 4.17. The molecule has 74 valence electrons. The average Bonchev–Trinajstić information content (AvgIpc) is 2.30. The summed E-state index contributed by atoms with van der Waals surface area (Å²) >= 11 is 0. The zero-order chi connectivity index (χ0) is 9.19. The zero-order valence-corrected chi connectivity index (χ0v) is 8.49. The summed E-state index contributed by atoms with van der Waals surface area (Å²) in [5, 5.41) is 0. The van der Waals surface area contributed by atoms with Gasteiger partial charge in [-0.25, -0.2) is 0 Å². The maximum absolute atomic E-state index is 8.96. The van der Waals surface area contributed by atoms with E-state index in [1.54, 1.807) is 0 Å². The Hall–Kier alpha value is 0.270. The Bertz CT molecular complexity index is 145. The molecule has 1 aliphatic rings. The Balaban J connectivity index is 2.16. The molecule has 1 rings (SSSR count). The van der Waals surface area contributed by atoms with E-state index in [1.807, 2.05) is 0 Å². The van der Waals surface area contributed by atoms with Gasteiger partial charge in [0.05, 0.1) is 0 Å². The molecule has 0 bridgehead atoms. The second kappa shape index (κ2) is 3.99. The Morgan fingerprint density at radius 2 is 2.25 bits per heavy atom. The van der Waals surface area contributed by atoms with Crippen molar-refractivity contribution in [2.75, 3.05) is 19.9 Å². The van der Waals surface area contributed by atoms with Crippen LogP contribution in [0.25, 0.3) is 0 Å². The van der Waals surface area contributed by atoms with E-state index in [0.29, 0.717) is 12.5 Å². The summed E-state index contributed by atoms with van der Waals surface area (Å²) in [6, 6.07) is 0. The summed E-state index contributed by atoms with van der Waals surface area (Å²) in [6.45, 7) is 4.49. The van der Waals surface area contributed by atoms with Crippen LogP contribution in [0.15, 0.2) is 0 Å². The van der Waals surface area contributed by atoms with Gasteiger partial charge in [0.1, 0.15) is 0 Å². The van der Waals surface area contributed by atoms with Gasteiger partial charge in [-0.1, -0.05) is 0 Å². The van der Waals surface area contributed by atoms with Crippen molar-refractivity contribution in [1.29, 1.82) is 0 Å². The van der Waals surface area contributed by atoms with Crippen LogP contribution >= 0.6 is 7.94 Å². The van der Waals surface area contributed by atoms with E-state index in [1.165, 1.54) is 6.66 Å². The molecule has 12 heavy (non-hydrogen) atoms. The van der Waals surface area contributed by atoms with E-state index >= 15 is 0 Å². The molecule has 0 aliphatic carbocycles.